The lowest BCUT2D eigenvalue weighted by Gasteiger charge is -2.08. The topological polar surface area (TPSA) is 93.8 Å². The van der Waals surface area contributed by atoms with Crippen LogP contribution in [0.2, 0.25) is 5.02 Å². The predicted molar refractivity (Wildman–Crippen MR) is 82.8 cm³/mol. The molecule has 3 aromatic rings. The number of nitro benzene ring substituents is 1. The van der Waals surface area contributed by atoms with E-state index in [2.05, 4.69) is 20.3 Å². The minimum absolute atomic E-state index is 0.0480. The van der Waals surface area contributed by atoms with E-state index in [1.807, 2.05) is 18.2 Å². The lowest BCUT2D eigenvalue weighted by Crippen LogP contribution is -2.04. The molecule has 0 aliphatic heterocycles. The van der Waals surface area contributed by atoms with Crippen LogP contribution < -0.4 is 5.32 Å². The number of nitrogens with one attached hydrogen (secondary N) is 1. The zero-order chi connectivity index (χ0) is 15.5. The molecule has 3 rings (SSSR count). The van der Waals surface area contributed by atoms with Gasteiger partial charge in [0.25, 0.3) is 5.69 Å². The van der Waals surface area contributed by atoms with Crippen molar-refractivity contribution in [2.75, 3.05) is 5.32 Å². The molecular formula is C14H10ClN5O2. The zero-order valence-electron chi connectivity index (χ0n) is 11.2. The number of rotatable bonds is 4. The van der Waals surface area contributed by atoms with Crippen molar-refractivity contribution in [3.05, 3.63) is 63.7 Å². The van der Waals surface area contributed by atoms with Crippen LogP contribution in [0.25, 0.3) is 10.9 Å². The molecule has 1 N–H and O–H groups in total. The number of nitro groups is 1. The summed E-state index contributed by atoms with van der Waals surface area (Å²) in [6.45, 7) is 0.448. The Labute approximate surface area is 130 Å². The first kappa shape index (κ1) is 14.2. The summed E-state index contributed by atoms with van der Waals surface area (Å²) in [4.78, 5) is 22.9. The Morgan fingerprint density at radius 2 is 2.09 bits per heavy atom. The average Bonchev–Trinajstić information content (AvgIpc) is 2.52. The van der Waals surface area contributed by atoms with Gasteiger partial charge in [-0.05, 0) is 18.2 Å². The summed E-state index contributed by atoms with van der Waals surface area (Å²) in [6.07, 6.45) is 3.07. The summed E-state index contributed by atoms with van der Waals surface area (Å²) in [5.74, 6) is 0.496. The van der Waals surface area contributed by atoms with Crippen LogP contribution in [0, 0.1) is 10.1 Å². The molecule has 0 unspecified atom stereocenters. The van der Waals surface area contributed by atoms with Gasteiger partial charge in [0.1, 0.15) is 17.2 Å². The molecule has 2 aromatic heterocycles. The van der Waals surface area contributed by atoms with E-state index in [4.69, 9.17) is 11.6 Å². The molecule has 0 bridgehead atoms. The van der Waals surface area contributed by atoms with Crippen LogP contribution in [0.4, 0.5) is 11.5 Å². The molecule has 0 saturated heterocycles. The van der Waals surface area contributed by atoms with E-state index in [9.17, 15) is 10.1 Å². The fourth-order valence-electron chi connectivity index (χ4n) is 2.02. The first-order valence-electron chi connectivity index (χ1n) is 6.37. The fourth-order valence-corrected chi connectivity index (χ4v) is 2.25. The molecule has 0 aliphatic carbocycles. The Balaban J connectivity index is 1.98. The second kappa shape index (κ2) is 5.90. The highest BCUT2D eigenvalue weighted by Gasteiger charge is 2.16. The largest absolute Gasteiger partial charge is 0.364 e. The van der Waals surface area contributed by atoms with Gasteiger partial charge in [-0.1, -0.05) is 17.7 Å². The van der Waals surface area contributed by atoms with E-state index in [0.29, 0.717) is 23.3 Å². The number of hydrogen-bond acceptors (Lipinski definition) is 6. The van der Waals surface area contributed by atoms with Crippen molar-refractivity contribution in [3.8, 4) is 0 Å². The Bertz CT molecular complexity index is 841. The maximum atomic E-state index is 11.0. The van der Waals surface area contributed by atoms with Gasteiger partial charge in [0.2, 0.25) is 0 Å². The molecule has 0 spiro atoms. The van der Waals surface area contributed by atoms with E-state index >= 15 is 0 Å². The van der Waals surface area contributed by atoms with Crippen LogP contribution in [0.1, 0.15) is 5.69 Å². The standard InChI is InChI=1S/C14H10ClN5O2/c15-11-6-12-10(5-13(11)20(21)22)14(19-8-18-12)17-7-9-3-1-2-4-16-9/h1-6,8H,7H2,(H,17,18,19). The number of pyridine rings is 1. The lowest BCUT2D eigenvalue weighted by molar-refractivity contribution is -0.384. The van der Waals surface area contributed by atoms with Crippen molar-refractivity contribution in [3.63, 3.8) is 0 Å². The summed E-state index contributed by atoms with van der Waals surface area (Å²) < 4.78 is 0. The molecular weight excluding hydrogens is 306 g/mol. The number of hydrogen-bond donors (Lipinski definition) is 1. The van der Waals surface area contributed by atoms with E-state index < -0.39 is 4.92 Å². The second-order valence-corrected chi connectivity index (χ2v) is 4.88. The number of benzene rings is 1. The second-order valence-electron chi connectivity index (χ2n) is 4.47. The molecule has 8 heteroatoms. The van der Waals surface area contributed by atoms with Crippen LogP contribution >= 0.6 is 11.6 Å². The molecule has 1 aromatic carbocycles. The maximum Gasteiger partial charge on any atom is 0.288 e. The van der Waals surface area contributed by atoms with Crippen LogP contribution in [0.15, 0.2) is 42.9 Å². The summed E-state index contributed by atoms with van der Waals surface area (Å²) in [5.41, 5.74) is 1.19. The molecule has 0 atom stereocenters. The number of anilines is 1. The van der Waals surface area contributed by atoms with Crippen molar-refractivity contribution in [1.29, 1.82) is 0 Å². The van der Waals surface area contributed by atoms with E-state index in [1.54, 1.807) is 6.20 Å². The monoisotopic (exact) mass is 315 g/mol. The van der Waals surface area contributed by atoms with Crippen LogP contribution in [0.5, 0.6) is 0 Å². The summed E-state index contributed by atoms with van der Waals surface area (Å²) in [6, 6.07) is 8.42. The summed E-state index contributed by atoms with van der Waals surface area (Å²) >= 11 is 5.89. The third-order valence-electron chi connectivity index (χ3n) is 3.06. The van der Waals surface area contributed by atoms with Gasteiger partial charge < -0.3 is 5.32 Å². The number of halogens is 1. The van der Waals surface area contributed by atoms with Crippen molar-refractivity contribution in [1.82, 2.24) is 15.0 Å². The van der Waals surface area contributed by atoms with Gasteiger partial charge in [-0.15, -0.1) is 0 Å². The predicted octanol–water partition coefficient (Wildman–Crippen LogP) is 3.20. The van der Waals surface area contributed by atoms with Crippen LogP contribution in [0.3, 0.4) is 0 Å². The van der Waals surface area contributed by atoms with Gasteiger partial charge in [-0.25, -0.2) is 9.97 Å². The Morgan fingerprint density at radius 3 is 2.82 bits per heavy atom. The molecule has 7 nitrogen and oxygen atoms in total. The lowest BCUT2D eigenvalue weighted by atomic mass is 10.2. The molecule has 22 heavy (non-hydrogen) atoms. The Morgan fingerprint density at radius 1 is 1.23 bits per heavy atom. The smallest absolute Gasteiger partial charge is 0.288 e. The van der Waals surface area contributed by atoms with Gasteiger partial charge >= 0.3 is 0 Å². The zero-order valence-corrected chi connectivity index (χ0v) is 12.0. The van der Waals surface area contributed by atoms with Gasteiger partial charge in [0.15, 0.2) is 0 Å². The fraction of sp³-hybridized carbons (Fsp3) is 0.0714. The van der Waals surface area contributed by atoms with Gasteiger partial charge in [0, 0.05) is 17.6 Å². The van der Waals surface area contributed by atoms with Crippen molar-refractivity contribution < 1.29 is 4.92 Å². The molecule has 0 aliphatic rings. The third-order valence-corrected chi connectivity index (χ3v) is 3.37. The van der Waals surface area contributed by atoms with Gasteiger partial charge in [0.05, 0.1) is 22.7 Å². The Kier molecular flexibility index (Phi) is 3.80. The SMILES string of the molecule is O=[N+]([O-])c1cc2c(NCc3ccccn3)ncnc2cc1Cl. The quantitative estimate of drug-likeness (QED) is 0.587. The van der Waals surface area contributed by atoms with E-state index in [-0.39, 0.29) is 10.7 Å². The highest BCUT2D eigenvalue weighted by molar-refractivity contribution is 6.33. The summed E-state index contributed by atoms with van der Waals surface area (Å²) in [7, 11) is 0. The first-order chi connectivity index (χ1) is 10.6. The number of fused-ring (bicyclic) bond motifs is 1. The van der Waals surface area contributed by atoms with Crippen LogP contribution in [-0.4, -0.2) is 19.9 Å². The van der Waals surface area contributed by atoms with E-state index in [0.717, 1.165) is 5.69 Å². The van der Waals surface area contributed by atoms with Crippen LogP contribution in [-0.2, 0) is 6.54 Å². The molecule has 0 saturated carbocycles. The minimum atomic E-state index is -0.530. The van der Waals surface area contributed by atoms with Crippen molar-refractivity contribution in [2.24, 2.45) is 0 Å². The molecule has 0 amide bonds. The minimum Gasteiger partial charge on any atom is -0.364 e. The van der Waals surface area contributed by atoms with Crippen molar-refractivity contribution in [2.45, 2.75) is 6.54 Å². The highest BCUT2D eigenvalue weighted by atomic mass is 35.5. The number of nitrogens with zero attached hydrogens (tertiary/aromatic N) is 4. The summed E-state index contributed by atoms with van der Waals surface area (Å²) in [5, 5.41) is 14.7. The maximum absolute atomic E-state index is 11.0. The molecule has 110 valence electrons. The molecule has 0 radical (unpaired) electrons. The van der Waals surface area contributed by atoms with Gasteiger partial charge in [-0.2, -0.15) is 0 Å². The van der Waals surface area contributed by atoms with E-state index in [1.165, 1.54) is 18.5 Å². The van der Waals surface area contributed by atoms with Crippen molar-refractivity contribution >= 4 is 34.0 Å². The normalized spacial score (nSPS) is 10.6. The number of aromatic nitrogens is 3. The third kappa shape index (κ3) is 2.79. The Hall–Kier alpha value is -2.80. The molecule has 2 heterocycles. The van der Waals surface area contributed by atoms with Gasteiger partial charge in [-0.3, -0.25) is 15.1 Å². The average molecular weight is 316 g/mol. The first-order valence-corrected chi connectivity index (χ1v) is 6.75. The molecule has 0 fully saturated rings. The highest BCUT2D eigenvalue weighted by Crippen LogP contribution is 2.31.